The van der Waals surface area contributed by atoms with E-state index in [1.807, 2.05) is 18.2 Å². The highest BCUT2D eigenvalue weighted by molar-refractivity contribution is 9.10. The molecule has 144 valence electrons. The summed E-state index contributed by atoms with van der Waals surface area (Å²) in [5.41, 5.74) is 6.44. The average Bonchev–Trinajstić information content (AvgIpc) is 3.21. The maximum atomic E-state index is 13.2. The van der Waals surface area contributed by atoms with Crippen LogP contribution in [0.2, 0.25) is 0 Å². The van der Waals surface area contributed by atoms with Gasteiger partial charge in [-0.3, -0.25) is 14.6 Å². The first-order chi connectivity index (χ1) is 12.7. The van der Waals surface area contributed by atoms with Crippen molar-refractivity contribution in [1.29, 1.82) is 0 Å². The number of ether oxygens (including phenoxy) is 1. The van der Waals surface area contributed by atoms with Crippen molar-refractivity contribution in [2.45, 2.75) is 32.4 Å². The molecule has 0 bridgehead atoms. The van der Waals surface area contributed by atoms with E-state index in [0.717, 1.165) is 9.86 Å². The van der Waals surface area contributed by atoms with E-state index in [2.05, 4.69) is 15.9 Å². The summed E-state index contributed by atoms with van der Waals surface area (Å²) in [5.74, 6) is -0.320. The van der Waals surface area contributed by atoms with E-state index >= 15 is 0 Å². The Morgan fingerprint density at radius 1 is 1.41 bits per heavy atom. The normalized spacial score (nSPS) is 16.8. The smallest absolute Gasteiger partial charge is 0.411 e. The molecule has 2 N–H and O–H groups in total. The van der Waals surface area contributed by atoms with Crippen LogP contribution in [-0.4, -0.2) is 41.8 Å². The molecule has 1 aliphatic heterocycles. The van der Waals surface area contributed by atoms with Gasteiger partial charge in [-0.05, 0) is 39.0 Å². The molecule has 1 aromatic heterocycles. The highest BCUT2D eigenvalue weighted by Crippen LogP contribution is 2.32. The quantitative estimate of drug-likeness (QED) is 0.587. The van der Waals surface area contributed by atoms with Crippen LogP contribution in [0.5, 0.6) is 0 Å². The Kier molecular flexibility index (Phi) is 5.30. The van der Waals surface area contributed by atoms with Gasteiger partial charge in [0.1, 0.15) is 23.5 Å². The number of halogens is 1. The SMILES string of the molecule is CC(C)(C)OC(=O)N1CC=CC1C(=O)N(CN)c1coc2ccc(Br)cc12. The fourth-order valence-electron chi connectivity index (χ4n) is 2.91. The lowest BCUT2D eigenvalue weighted by Gasteiger charge is -2.30. The van der Waals surface area contributed by atoms with Crippen molar-refractivity contribution >= 4 is 44.6 Å². The lowest BCUT2D eigenvalue weighted by Crippen LogP contribution is -2.50. The Morgan fingerprint density at radius 2 is 2.15 bits per heavy atom. The number of nitrogens with zero attached hydrogens (tertiary/aromatic N) is 2. The standard InChI is InChI=1S/C19H22BrN3O4/c1-19(2,3)27-18(25)22-8-4-5-14(22)17(24)23(11-21)15-10-26-16-7-6-12(20)9-13(15)16/h4-7,9-10,14H,8,11,21H2,1-3H3. The van der Waals surface area contributed by atoms with E-state index in [9.17, 15) is 9.59 Å². The second kappa shape index (κ2) is 7.36. The van der Waals surface area contributed by atoms with Crippen LogP contribution >= 0.6 is 15.9 Å². The summed E-state index contributed by atoms with van der Waals surface area (Å²) in [6.45, 7) is 5.61. The van der Waals surface area contributed by atoms with Crippen molar-refractivity contribution in [2.75, 3.05) is 18.1 Å². The van der Waals surface area contributed by atoms with Gasteiger partial charge in [-0.25, -0.2) is 4.79 Å². The molecule has 0 saturated heterocycles. The first kappa shape index (κ1) is 19.4. The molecular formula is C19H22BrN3O4. The summed E-state index contributed by atoms with van der Waals surface area (Å²) >= 11 is 3.43. The molecule has 2 amide bonds. The van der Waals surface area contributed by atoms with Crippen molar-refractivity contribution in [3.8, 4) is 0 Å². The van der Waals surface area contributed by atoms with Gasteiger partial charge < -0.3 is 14.9 Å². The third kappa shape index (κ3) is 4.01. The summed E-state index contributed by atoms with van der Waals surface area (Å²) in [4.78, 5) is 28.4. The van der Waals surface area contributed by atoms with Crippen LogP contribution in [0.3, 0.4) is 0 Å². The maximum absolute atomic E-state index is 13.2. The van der Waals surface area contributed by atoms with Gasteiger partial charge in [-0.1, -0.05) is 28.1 Å². The summed E-state index contributed by atoms with van der Waals surface area (Å²) in [6.07, 6.45) is 4.42. The van der Waals surface area contributed by atoms with E-state index in [-0.39, 0.29) is 12.6 Å². The minimum Gasteiger partial charge on any atom is -0.462 e. The number of benzene rings is 1. The molecule has 8 heteroatoms. The Balaban J connectivity index is 1.88. The molecule has 2 heterocycles. The summed E-state index contributed by atoms with van der Waals surface area (Å²) in [5, 5.41) is 0.758. The number of hydrogen-bond donors (Lipinski definition) is 1. The molecule has 0 fully saturated rings. The van der Waals surface area contributed by atoms with Crippen LogP contribution in [0.1, 0.15) is 20.8 Å². The van der Waals surface area contributed by atoms with Crippen LogP contribution in [0, 0.1) is 0 Å². The zero-order chi connectivity index (χ0) is 19.8. The number of nitrogens with two attached hydrogens (primary N) is 1. The van der Waals surface area contributed by atoms with Crippen molar-refractivity contribution < 1.29 is 18.7 Å². The highest BCUT2D eigenvalue weighted by atomic mass is 79.9. The zero-order valence-electron chi connectivity index (χ0n) is 15.4. The fourth-order valence-corrected chi connectivity index (χ4v) is 3.27. The van der Waals surface area contributed by atoms with Gasteiger partial charge in [0.2, 0.25) is 0 Å². The third-order valence-electron chi connectivity index (χ3n) is 4.09. The summed E-state index contributed by atoms with van der Waals surface area (Å²) < 4.78 is 11.8. The van der Waals surface area contributed by atoms with E-state index in [1.165, 1.54) is 16.1 Å². The number of carbonyl (C=O) groups is 2. The molecule has 1 atom stereocenters. The van der Waals surface area contributed by atoms with Gasteiger partial charge in [-0.2, -0.15) is 0 Å². The minimum atomic E-state index is -0.777. The monoisotopic (exact) mass is 435 g/mol. The van der Waals surface area contributed by atoms with Gasteiger partial charge in [-0.15, -0.1) is 0 Å². The lowest BCUT2D eigenvalue weighted by molar-refractivity contribution is -0.121. The fraction of sp³-hybridized carbons (Fsp3) is 0.368. The van der Waals surface area contributed by atoms with Gasteiger partial charge in [0.05, 0.1) is 12.4 Å². The Morgan fingerprint density at radius 3 is 2.81 bits per heavy atom. The van der Waals surface area contributed by atoms with E-state index in [4.69, 9.17) is 14.9 Å². The van der Waals surface area contributed by atoms with Gasteiger partial charge in [0.15, 0.2) is 0 Å². The summed E-state index contributed by atoms with van der Waals surface area (Å²) in [7, 11) is 0. The van der Waals surface area contributed by atoms with Gasteiger partial charge in [0, 0.05) is 16.4 Å². The Labute approximate surface area is 165 Å². The third-order valence-corrected chi connectivity index (χ3v) is 4.59. The molecule has 1 aromatic carbocycles. The van der Waals surface area contributed by atoms with Gasteiger partial charge >= 0.3 is 6.09 Å². The van der Waals surface area contributed by atoms with Crippen LogP contribution in [0.25, 0.3) is 11.0 Å². The van der Waals surface area contributed by atoms with Crippen molar-refractivity contribution in [3.63, 3.8) is 0 Å². The molecule has 0 aliphatic carbocycles. The molecule has 0 saturated carbocycles. The molecule has 27 heavy (non-hydrogen) atoms. The molecule has 0 spiro atoms. The van der Waals surface area contributed by atoms with Crippen LogP contribution in [-0.2, 0) is 9.53 Å². The maximum Gasteiger partial charge on any atom is 0.411 e. The number of amides is 2. The number of carbonyl (C=O) groups excluding carboxylic acids is 2. The predicted octanol–water partition coefficient (Wildman–Crippen LogP) is 3.62. The molecule has 0 radical (unpaired) electrons. The van der Waals surface area contributed by atoms with Crippen LogP contribution < -0.4 is 10.6 Å². The first-order valence-corrected chi connectivity index (χ1v) is 9.35. The number of anilines is 1. The van der Waals surface area contributed by atoms with Crippen molar-refractivity contribution in [2.24, 2.45) is 5.73 Å². The van der Waals surface area contributed by atoms with Crippen molar-refractivity contribution in [3.05, 3.63) is 41.1 Å². The zero-order valence-corrected chi connectivity index (χ0v) is 17.0. The molecule has 1 aliphatic rings. The van der Waals surface area contributed by atoms with Crippen LogP contribution in [0.4, 0.5) is 10.5 Å². The second-order valence-electron chi connectivity index (χ2n) is 7.22. The first-order valence-electron chi connectivity index (χ1n) is 8.56. The number of rotatable bonds is 3. The lowest BCUT2D eigenvalue weighted by atomic mass is 10.2. The number of fused-ring (bicyclic) bond motifs is 1. The van der Waals surface area contributed by atoms with E-state index in [0.29, 0.717) is 17.8 Å². The molecule has 1 unspecified atom stereocenters. The van der Waals surface area contributed by atoms with Crippen molar-refractivity contribution in [1.82, 2.24) is 4.90 Å². The molecular weight excluding hydrogens is 414 g/mol. The minimum absolute atomic E-state index is 0.0491. The van der Waals surface area contributed by atoms with Gasteiger partial charge in [0.25, 0.3) is 5.91 Å². The largest absolute Gasteiger partial charge is 0.462 e. The predicted molar refractivity (Wildman–Crippen MR) is 106 cm³/mol. The summed E-state index contributed by atoms with van der Waals surface area (Å²) in [6, 6.07) is 4.75. The molecule has 3 rings (SSSR count). The van der Waals surface area contributed by atoms with E-state index < -0.39 is 17.7 Å². The van der Waals surface area contributed by atoms with Crippen LogP contribution in [0.15, 0.2) is 45.5 Å². The molecule has 2 aromatic rings. The topological polar surface area (TPSA) is 89.0 Å². The van der Waals surface area contributed by atoms with E-state index in [1.54, 1.807) is 32.9 Å². The highest BCUT2D eigenvalue weighted by Gasteiger charge is 2.36. The molecule has 7 nitrogen and oxygen atoms in total. The second-order valence-corrected chi connectivity index (χ2v) is 8.13. The number of hydrogen-bond acceptors (Lipinski definition) is 5. The average molecular weight is 436 g/mol. The Hall–Kier alpha value is -2.32. The number of furan rings is 1. The Bertz CT molecular complexity index is 900.